The second-order valence-corrected chi connectivity index (χ2v) is 7.06. The van der Waals surface area contributed by atoms with Crippen molar-refractivity contribution in [3.63, 3.8) is 0 Å². The molecule has 25 heavy (non-hydrogen) atoms. The Morgan fingerprint density at radius 3 is 2.76 bits per heavy atom. The Morgan fingerprint density at radius 2 is 2.08 bits per heavy atom. The molecule has 1 amide bonds. The van der Waals surface area contributed by atoms with Crippen molar-refractivity contribution in [1.29, 1.82) is 0 Å². The number of fused-ring (bicyclic) bond motifs is 1. The molecule has 0 aliphatic carbocycles. The van der Waals surface area contributed by atoms with E-state index in [2.05, 4.69) is 5.32 Å². The van der Waals surface area contributed by atoms with Gasteiger partial charge in [-0.1, -0.05) is 11.6 Å². The molecule has 4 nitrogen and oxygen atoms in total. The van der Waals surface area contributed by atoms with Crippen LogP contribution in [0.4, 0.5) is 4.39 Å². The SMILES string of the molecule is COc1ccc2c(c1)[C@@H](NC(=O)c1ccc(Cl)cc1F)CC(C)(C)O2. The molecule has 2 aromatic carbocycles. The maximum absolute atomic E-state index is 14.0. The Morgan fingerprint density at radius 1 is 1.32 bits per heavy atom. The molecule has 0 saturated heterocycles. The van der Waals surface area contributed by atoms with Crippen LogP contribution in [-0.2, 0) is 0 Å². The highest BCUT2D eigenvalue weighted by atomic mass is 35.5. The van der Waals surface area contributed by atoms with Crippen molar-refractivity contribution in [2.75, 3.05) is 7.11 Å². The lowest BCUT2D eigenvalue weighted by Crippen LogP contribution is -2.41. The molecule has 1 atom stereocenters. The van der Waals surface area contributed by atoms with Crippen LogP contribution in [0.25, 0.3) is 0 Å². The summed E-state index contributed by atoms with van der Waals surface area (Å²) in [6, 6.07) is 9.12. The van der Waals surface area contributed by atoms with Crippen molar-refractivity contribution in [2.45, 2.75) is 31.9 Å². The highest BCUT2D eigenvalue weighted by Gasteiger charge is 2.35. The molecular weight excluding hydrogens is 345 g/mol. The smallest absolute Gasteiger partial charge is 0.254 e. The van der Waals surface area contributed by atoms with Crippen LogP contribution >= 0.6 is 11.6 Å². The minimum absolute atomic E-state index is 0.0434. The van der Waals surface area contributed by atoms with E-state index in [1.807, 2.05) is 26.0 Å². The van der Waals surface area contributed by atoms with Gasteiger partial charge >= 0.3 is 0 Å². The fourth-order valence-electron chi connectivity index (χ4n) is 3.00. The fourth-order valence-corrected chi connectivity index (χ4v) is 3.16. The zero-order chi connectivity index (χ0) is 18.2. The van der Waals surface area contributed by atoms with Crippen molar-refractivity contribution >= 4 is 17.5 Å². The summed E-state index contributed by atoms with van der Waals surface area (Å²) in [6.45, 7) is 3.89. The first kappa shape index (κ1) is 17.5. The molecule has 1 aliphatic heterocycles. The molecule has 2 aromatic rings. The molecule has 0 spiro atoms. The van der Waals surface area contributed by atoms with Crippen molar-refractivity contribution in [3.05, 3.63) is 58.4 Å². The average molecular weight is 364 g/mol. The van der Waals surface area contributed by atoms with Gasteiger partial charge in [-0.2, -0.15) is 0 Å². The predicted molar refractivity (Wildman–Crippen MR) is 93.9 cm³/mol. The molecule has 6 heteroatoms. The lowest BCUT2D eigenvalue weighted by atomic mass is 9.89. The minimum atomic E-state index is -0.651. The topological polar surface area (TPSA) is 47.6 Å². The summed E-state index contributed by atoms with van der Waals surface area (Å²) in [7, 11) is 1.58. The molecule has 0 aromatic heterocycles. The summed E-state index contributed by atoms with van der Waals surface area (Å²) in [5, 5.41) is 3.15. The van der Waals surface area contributed by atoms with E-state index in [9.17, 15) is 9.18 Å². The number of hydrogen-bond acceptors (Lipinski definition) is 3. The monoisotopic (exact) mass is 363 g/mol. The second-order valence-electron chi connectivity index (χ2n) is 6.62. The van der Waals surface area contributed by atoms with E-state index in [-0.39, 0.29) is 16.6 Å². The van der Waals surface area contributed by atoms with Crippen molar-refractivity contribution < 1.29 is 18.7 Å². The summed E-state index contributed by atoms with van der Waals surface area (Å²) in [5.74, 6) is 0.200. The number of benzene rings is 2. The average Bonchev–Trinajstić information content (AvgIpc) is 2.53. The molecule has 1 aliphatic rings. The maximum Gasteiger partial charge on any atom is 0.254 e. The highest BCUT2D eigenvalue weighted by molar-refractivity contribution is 6.30. The Balaban J connectivity index is 1.92. The number of methoxy groups -OCH3 is 1. The van der Waals surface area contributed by atoms with Gasteiger partial charge in [0.1, 0.15) is 22.9 Å². The number of halogens is 2. The van der Waals surface area contributed by atoms with Gasteiger partial charge in [-0.25, -0.2) is 4.39 Å². The van der Waals surface area contributed by atoms with E-state index in [4.69, 9.17) is 21.1 Å². The first-order chi connectivity index (χ1) is 11.8. The normalized spacial score (nSPS) is 18.0. The van der Waals surface area contributed by atoms with E-state index in [0.717, 1.165) is 11.6 Å². The van der Waals surface area contributed by atoms with Crippen LogP contribution in [0.1, 0.15) is 42.2 Å². The summed E-state index contributed by atoms with van der Waals surface area (Å²) >= 11 is 5.75. The molecule has 132 valence electrons. The standard InChI is InChI=1S/C19H19ClFNO3/c1-19(2)10-16(14-9-12(24-3)5-7-17(14)25-19)22-18(23)13-6-4-11(20)8-15(13)21/h4-9,16H,10H2,1-3H3,(H,22,23)/t16-/m0/s1. The largest absolute Gasteiger partial charge is 0.497 e. The van der Waals surface area contributed by atoms with Gasteiger partial charge in [0.05, 0.1) is 18.7 Å². The van der Waals surface area contributed by atoms with Gasteiger partial charge in [0.15, 0.2) is 0 Å². The van der Waals surface area contributed by atoms with Gasteiger partial charge in [0.2, 0.25) is 0 Å². The number of hydrogen-bond donors (Lipinski definition) is 1. The van der Waals surface area contributed by atoms with Gasteiger partial charge in [0.25, 0.3) is 5.91 Å². The number of ether oxygens (including phenoxy) is 2. The Labute approximate surface area is 150 Å². The number of rotatable bonds is 3. The van der Waals surface area contributed by atoms with Crippen LogP contribution in [0.3, 0.4) is 0 Å². The number of carbonyl (C=O) groups excluding carboxylic acids is 1. The van der Waals surface area contributed by atoms with Crippen LogP contribution in [0.2, 0.25) is 5.02 Å². The fraction of sp³-hybridized carbons (Fsp3) is 0.316. The molecule has 0 fully saturated rings. The molecule has 1 N–H and O–H groups in total. The third kappa shape index (κ3) is 3.71. The third-order valence-electron chi connectivity index (χ3n) is 4.16. The molecular formula is C19H19ClFNO3. The molecule has 0 radical (unpaired) electrons. The lowest BCUT2D eigenvalue weighted by Gasteiger charge is -2.38. The van der Waals surface area contributed by atoms with Gasteiger partial charge < -0.3 is 14.8 Å². The Hall–Kier alpha value is -2.27. The molecule has 0 bridgehead atoms. The quantitative estimate of drug-likeness (QED) is 0.872. The number of carbonyl (C=O) groups is 1. The summed E-state index contributed by atoms with van der Waals surface area (Å²) in [6.07, 6.45) is 0.550. The first-order valence-corrected chi connectivity index (χ1v) is 8.30. The zero-order valence-electron chi connectivity index (χ0n) is 14.2. The van der Waals surface area contributed by atoms with E-state index in [1.165, 1.54) is 12.1 Å². The maximum atomic E-state index is 14.0. The number of nitrogens with one attached hydrogen (secondary N) is 1. The first-order valence-electron chi connectivity index (χ1n) is 7.92. The second kappa shape index (κ2) is 6.56. The predicted octanol–water partition coefficient (Wildman–Crippen LogP) is 4.52. The lowest BCUT2D eigenvalue weighted by molar-refractivity contribution is 0.0617. The van der Waals surface area contributed by atoms with Crippen LogP contribution in [0, 0.1) is 5.82 Å². The van der Waals surface area contributed by atoms with Gasteiger partial charge in [0, 0.05) is 17.0 Å². The molecule has 1 heterocycles. The third-order valence-corrected chi connectivity index (χ3v) is 4.39. The van der Waals surface area contributed by atoms with Crippen LogP contribution in [0.15, 0.2) is 36.4 Å². The van der Waals surface area contributed by atoms with Gasteiger partial charge in [-0.3, -0.25) is 4.79 Å². The molecule has 3 rings (SSSR count). The van der Waals surface area contributed by atoms with Crippen LogP contribution in [-0.4, -0.2) is 18.6 Å². The van der Waals surface area contributed by atoms with E-state index >= 15 is 0 Å². The minimum Gasteiger partial charge on any atom is -0.497 e. The molecule has 0 unspecified atom stereocenters. The van der Waals surface area contributed by atoms with Crippen LogP contribution < -0.4 is 14.8 Å². The Bertz CT molecular complexity index is 822. The molecule has 0 saturated carbocycles. The van der Waals surface area contributed by atoms with Gasteiger partial charge in [-0.05, 0) is 50.2 Å². The Kier molecular flexibility index (Phi) is 4.60. The zero-order valence-corrected chi connectivity index (χ0v) is 15.0. The van der Waals surface area contributed by atoms with Crippen molar-refractivity contribution in [3.8, 4) is 11.5 Å². The highest BCUT2D eigenvalue weighted by Crippen LogP contribution is 2.41. The summed E-state index contributed by atoms with van der Waals surface area (Å²) in [5.41, 5.74) is 0.303. The van der Waals surface area contributed by atoms with Crippen molar-refractivity contribution in [1.82, 2.24) is 5.32 Å². The van der Waals surface area contributed by atoms with Crippen LogP contribution in [0.5, 0.6) is 11.5 Å². The summed E-state index contributed by atoms with van der Waals surface area (Å²) in [4.78, 5) is 12.6. The van der Waals surface area contributed by atoms with E-state index in [0.29, 0.717) is 17.9 Å². The van der Waals surface area contributed by atoms with Gasteiger partial charge in [-0.15, -0.1) is 0 Å². The van der Waals surface area contributed by atoms with E-state index in [1.54, 1.807) is 13.2 Å². The van der Waals surface area contributed by atoms with E-state index < -0.39 is 17.3 Å². The van der Waals surface area contributed by atoms with Crippen molar-refractivity contribution in [2.24, 2.45) is 0 Å². The number of amides is 1. The summed E-state index contributed by atoms with van der Waals surface area (Å²) < 4.78 is 25.3.